The first-order valence-electron chi connectivity index (χ1n) is 18.0. The zero-order valence-corrected chi connectivity index (χ0v) is 31.8. The van der Waals surface area contributed by atoms with Crippen LogP contribution in [-0.2, 0) is 5.41 Å². The lowest BCUT2D eigenvalue weighted by atomic mass is 9.87. The zero-order chi connectivity index (χ0) is 35.4. The molecule has 0 spiro atoms. The van der Waals surface area contributed by atoms with Crippen LogP contribution >= 0.6 is 0 Å². The Morgan fingerprint density at radius 2 is 0.898 bits per heavy atom. The van der Waals surface area contributed by atoms with Gasteiger partial charge in [0.05, 0.1) is 5.69 Å². The summed E-state index contributed by atoms with van der Waals surface area (Å²) in [4.78, 5) is 5.01. The molecule has 0 aliphatic heterocycles. The third kappa shape index (κ3) is 6.58. The highest BCUT2D eigenvalue weighted by Crippen LogP contribution is 2.43. The zero-order valence-electron chi connectivity index (χ0n) is 31.8. The van der Waals surface area contributed by atoms with Gasteiger partial charge in [-0.3, -0.25) is 0 Å². The van der Waals surface area contributed by atoms with Gasteiger partial charge in [-0.25, -0.2) is 0 Å². The van der Waals surface area contributed by atoms with Crippen LogP contribution in [0.25, 0.3) is 21.5 Å². The van der Waals surface area contributed by atoms with Crippen molar-refractivity contribution in [1.82, 2.24) is 0 Å². The lowest BCUT2D eigenvalue weighted by Crippen LogP contribution is -2.33. The maximum atomic E-state index is 2.57. The Morgan fingerprint density at radius 3 is 1.37 bits per heavy atom. The topological polar surface area (TPSA) is 6.48 Å². The van der Waals surface area contributed by atoms with E-state index < -0.39 is 0 Å². The predicted octanol–water partition coefficient (Wildman–Crippen LogP) is 13.8. The second kappa shape index (κ2) is 13.0. The minimum atomic E-state index is 0.102. The maximum Gasteiger partial charge on any atom is 0.0520 e. The number of anilines is 5. The molecule has 2 heteroatoms. The van der Waals surface area contributed by atoms with E-state index in [1.54, 1.807) is 0 Å². The van der Waals surface area contributed by atoms with Crippen LogP contribution in [0.1, 0.15) is 80.5 Å². The Kier molecular flexibility index (Phi) is 9.14. The number of rotatable bonds is 7. The Morgan fingerprint density at radius 1 is 0.469 bits per heavy atom. The molecule has 6 aromatic carbocycles. The van der Waals surface area contributed by atoms with Crippen LogP contribution in [0.4, 0.5) is 28.4 Å². The van der Waals surface area contributed by atoms with Gasteiger partial charge in [-0.05, 0) is 146 Å². The SMILES string of the molecule is Cc1cc(C)c(N(c2ccc(C(C)(C)C)cc2)c2ccc3c(ccc4cc(N(c5c(C)cc(C)cc5C)C(C)C(C)C)ccc43)c2)c(C)c1. The van der Waals surface area contributed by atoms with Crippen molar-refractivity contribution in [3.05, 3.63) is 136 Å². The molecule has 6 rings (SSSR count). The fourth-order valence-corrected chi connectivity index (χ4v) is 7.80. The van der Waals surface area contributed by atoms with Gasteiger partial charge >= 0.3 is 0 Å². The molecule has 0 aromatic heterocycles. The van der Waals surface area contributed by atoms with Crippen LogP contribution in [0.15, 0.2) is 97.1 Å². The highest BCUT2D eigenvalue weighted by molar-refractivity contribution is 6.09. The van der Waals surface area contributed by atoms with E-state index in [0.717, 1.165) is 0 Å². The molecule has 0 fully saturated rings. The molecule has 0 heterocycles. The van der Waals surface area contributed by atoms with Crippen molar-refractivity contribution in [2.75, 3.05) is 9.80 Å². The molecule has 1 atom stereocenters. The van der Waals surface area contributed by atoms with Crippen LogP contribution in [0, 0.1) is 47.5 Å². The lowest BCUT2D eigenvalue weighted by Gasteiger charge is -2.36. The second-order valence-corrected chi connectivity index (χ2v) is 15.9. The van der Waals surface area contributed by atoms with Gasteiger partial charge in [0.1, 0.15) is 0 Å². The average molecular weight is 647 g/mol. The van der Waals surface area contributed by atoms with E-state index in [1.807, 2.05) is 0 Å². The van der Waals surface area contributed by atoms with Gasteiger partial charge in [0, 0.05) is 28.8 Å². The third-order valence-electron chi connectivity index (χ3n) is 10.4. The maximum absolute atomic E-state index is 2.57. The molecule has 0 aliphatic carbocycles. The molecule has 0 amide bonds. The minimum Gasteiger partial charge on any atom is -0.338 e. The molecule has 1 unspecified atom stereocenters. The molecule has 2 nitrogen and oxygen atoms in total. The van der Waals surface area contributed by atoms with E-state index >= 15 is 0 Å². The Hall–Kier alpha value is -4.56. The number of hydrogen-bond acceptors (Lipinski definition) is 2. The smallest absolute Gasteiger partial charge is 0.0520 e. The largest absolute Gasteiger partial charge is 0.338 e. The van der Waals surface area contributed by atoms with E-state index in [1.165, 1.54) is 88.9 Å². The number of fused-ring (bicyclic) bond motifs is 3. The molecule has 0 bridgehead atoms. The summed E-state index contributed by atoms with van der Waals surface area (Å²) in [7, 11) is 0. The van der Waals surface area contributed by atoms with E-state index in [-0.39, 0.29) is 5.41 Å². The summed E-state index contributed by atoms with van der Waals surface area (Å²) in [6.45, 7) is 27.2. The molecule has 0 N–H and O–H groups in total. The summed E-state index contributed by atoms with van der Waals surface area (Å²) >= 11 is 0. The first kappa shape index (κ1) is 34.3. The molecular weight excluding hydrogens is 593 g/mol. The van der Waals surface area contributed by atoms with Crippen LogP contribution < -0.4 is 9.80 Å². The number of aryl methyl sites for hydroxylation is 6. The van der Waals surface area contributed by atoms with Crippen molar-refractivity contribution < 1.29 is 0 Å². The van der Waals surface area contributed by atoms with E-state index in [4.69, 9.17) is 0 Å². The molecule has 0 saturated carbocycles. The van der Waals surface area contributed by atoms with Crippen molar-refractivity contribution in [2.24, 2.45) is 5.92 Å². The van der Waals surface area contributed by atoms with E-state index in [9.17, 15) is 0 Å². The summed E-state index contributed by atoms with van der Waals surface area (Å²) < 4.78 is 0. The van der Waals surface area contributed by atoms with Crippen LogP contribution in [0.3, 0.4) is 0 Å². The van der Waals surface area contributed by atoms with Crippen LogP contribution in [0.2, 0.25) is 0 Å². The van der Waals surface area contributed by atoms with Gasteiger partial charge in [-0.1, -0.05) is 106 Å². The predicted molar refractivity (Wildman–Crippen MR) is 216 cm³/mol. The van der Waals surface area contributed by atoms with Gasteiger partial charge in [0.25, 0.3) is 0 Å². The monoisotopic (exact) mass is 646 g/mol. The molecule has 0 saturated heterocycles. The first-order valence-corrected chi connectivity index (χ1v) is 18.0. The molecular formula is C47H54N2. The Bertz CT molecular complexity index is 2110. The van der Waals surface area contributed by atoms with Crippen molar-refractivity contribution in [2.45, 2.75) is 94.5 Å². The van der Waals surface area contributed by atoms with Crippen molar-refractivity contribution in [1.29, 1.82) is 0 Å². The minimum absolute atomic E-state index is 0.102. The number of nitrogens with zero attached hydrogens (tertiary/aromatic N) is 2. The van der Waals surface area contributed by atoms with Gasteiger partial charge in [-0.2, -0.15) is 0 Å². The standard InChI is InChI=1S/C47H54N2/c1-29(2)36(9)48(45-32(5)23-30(3)24-33(45)6)41-19-21-43-37(27-41)13-14-38-28-42(20-22-44(38)43)49(46-34(7)25-31(4)26-35(46)8)40-17-15-39(16-18-40)47(10,11)12/h13-29,36H,1-12H3. The summed E-state index contributed by atoms with van der Waals surface area (Å²) in [6, 6.07) is 37.4. The van der Waals surface area contributed by atoms with Gasteiger partial charge in [-0.15, -0.1) is 0 Å². The fraction of sp³-hybridized carbons (Fsp3) is 0.319. The Balaban J connectivity index is 1.48. The Labute approximate surface area is 295 Å². The van der Waals surface area contributed by atoms with Crippen molar-refractivity contribution >= 4 is 50.0 Å². The summed E-state index contributed by atoms with van der Waals surface area (Å²) in [5.74, 6) is 0.499. The van der Waals surface area contributed by atoms with E-state index in [2.05, 4.69) is 190 Å². The van der Waals surface area contributed by atoms with Crippen LogP contribution in [0.5, 0.6) is 0 Å². The molecule has 6 aromatic rings. The molecule has 0 radical (unpaired) electrons. The second-order valence-electron chi connectivity index (χ2n) is 15.9. The first-order chi connectivity index (χ1) is 23.1. The van der Waals surface area contributed by atoms with Gasteiger partial charge < -0.3 is 9.80 Å². The number of hydrogen-bond donors (Lipinski definition) is 0. The lowest BCUT2D eigenvalue weighted by molar-refractivity contribution is 0.517. The quantitative estimate of drug-likeness (QED) is 0.159. The normalized spacial score (nSPS) is 12.6. The fourth-order valence-electron chi connectivity index (χ4n) is 7.80. The molecule has 49 heavy (non-hydrogen) atoms. The molecule has 0 aliphatic rings. The average Bonchev–Trinajstić information content (AvgIpc) is 3.03. The highest BCUT2D eigenvalue weighted by atomic mass is 15.2. The summed E-state index contributed by atoms with van der Waals surface area (Å²) in [5.41, 5.74) is 15.4. The van der Waals surface area contributed by atoms with Gasteiger partial charge in [0.2, 0.25) is 0 Å². The summed E-state index contributed by atoms with van der Waals surface area (Å²) in [6.07, 6.45) is 0. The van der Waals surface area contributed by atoms with Gasteiger partial charge in [0.15, 0.2) is 0 Å². The third-order valence-corrected chi connectivity index (χ3v) is 10.4. The molecule has 252 valence electrons. The number of benzene rings is 6. The van der Waals surface area contributed by atoms with E-state index in [0.29, 0.717) is 12.0 Å². The van der Waals surface area contributed by atoms with Crippen LogP contribution in [-0.4, -0.2) is 6.04 Å². The summed E-state index contributed by atoms with van der Waals surface area (Å²) in [5, 5.41) is 5.07. The highest BCUT2D eigenvalue weighted by Gasteiger charge is 2.24. The van der Waals surface area contributed by atoms with Crippen molar-refractivity contribution in [3.8, 4) is 0 Å². The van der Waals surface area contributed by atoms with Crippen molar-refractivity contribution in [3.63, 3.8) is 0 Å².